The molecule has 0 atom stereocenters. The predicted octanol–water partition coefficient (Wildman–Crippen LogP) is -0.364. The Bertz CT molecular complexity index is 10.8. The van der Waals surface area contributed by atoms with E-state index in [1.165, 1.54) is 0 Å². The zero-order valence-corrected chi connectivity index (χ0v) is 7.70. The van der Waals surface area contributed by atoms with Crippen molar-refractivity contribution in [3.63, 3.8) is 0 Å². The first-order valence-corrected chi connectivity index (χ1v) is 0. The molecule has 0 aromatic heterocycles. The van der Waals surface area contributed by atoms with Gasteiger partial charge in [0.25, 0.3) is 0 Å². The molecular formula is CuMnO3Zn. The van der Waals surface area contributed by atoms with E-state index in [2.05, 4.69) is 0 Å². The molecular weight excluding hydrogens is 232 g/mol. The third-order valence-corrected chi connectivity index (χ3v) is 0. The second-order valence-corrected chi connectivity index (χ2v) is 0. The van der Waals surface area contributed by atoms with Gasteiger partial charge in [-0.3, -0.25) is 0 Å². The van der Waals surface area contributed by atoms with Gasteiger partial charge in [0.2, 0.25) is 0 Å². The van der Waals surface area contributed by atoms with Gasteiger partial charge >= 0.3 is 53.6 Å². The van der Waals surface area contributed by atoms with Crippen LogP contribution in [0.3, 0.4) is 0 Å². The van der Waals surface area contributed by atoms with Crippen LogP contribution in [0.15, 0.2) is 0 Å². The molecule has 0 N–H and O–H groups in total. The van der Waals surface area contributed by atoms with Gasteiger partial charge in [0.05, 0.1) is 0 Å². The zero-order valence-electron chi connectivity index (χ0n) is 2.61. The van der Waals surface area contributed by atoms with Crippen LogP contribution in [0.1, 0.15) is 0 Å². The monoisotopic (exact) mass is 230 g/mol. The molecule has 0 rings (SSSR count). The molecule has 6 heavy (non-hydrogen) atoms. The topological polar surface area (TPSA) is 85.5 Å². The molecule has 0 fully saturated rings. The van der Waals surface area contributed by atoms with Gasteiger partial charge in [-0.25, -0.2) is 0 Å². The van der Waals surface area contributed by atoms with Gasteiger partial charge in [-0.15, -0.1) is 0 Å². The molecule has 0 aliphatic carbocycles. The van der Waals surface area contributed by atoms with Crippen LogP contribution >= 0.6 is 0 Å². The average Bonchev–Trinajstić information content (AvgIpc) is 0. The SMILES string of the molecule is [Cu+2].[Mn+2].[O-2].[O-2].[O-2].[Zn+2]. The van der Waals surface area contributed by atoms with Gasteiger partial charge in [-0.2, -0.15) is 0 Å². The molecule has 0 aromatic carbocycles. The van der Waals surface area contributed by atoms with Crippen molar-refractivity contribution in [2.24, 2.45) is 0 Å². The van der Waals surface area contributed by atoms with Crippen molar-refractivity contribution in [2.75, 3.05) is 0 Å². The van der Waals surface area contributed by atoms with E-state index in [1.54, 1.807) is 0 Å². The van der Waals surface area contributed by atoms with Crippen LogP contribution < -0.4 is 0 Å². The van der Waals surface area contributed by atoms with E-state index < -0.39 is 0 Å². The van der Waals surface area contributed by atoms with Gasteiger partial charge < -0.3 is 16.4 Å². The molecule has 0 aliphatic rings. The molecule has 0 aliphatic heterocycles. The minimum Gasteiger partial charge on any atom is -2.00 e. The Morgan fingerprint density at radius 3 is 0.667 bits per heavy atom. The van der Waals surface area contributed by atoms with Crippen molar-refractivity contribution in [3.8, 4) is 0 Å². The second-order valence-electron chi connectivity index (χ2n) is 0. The van der Waals surface area contributed by atoms with Crippen molar-refractivity contribution in [1.82, 2.24) is 0 Å². The van der Waals surface area contributed by atoms with E-state index in [-0.39, 0.29) is 70.0 Å². The van der Waals surface area contributed by atoms with Crippen molar-refractivity contribution in [2.45, 2.75) is 0 Å². The normalized spacial score (nSPS) is 0. The van der Waals surface area contributed by atoms with E-state index in [4.69, 9.17) is 0 Å². The number of hydrogen-bond acceptors (Lipinski definition) is 0. The summed E-state index contributed by atoms with van der Waals surface area (Å²) in [5, 5.41) is 0. The van der Waals surface area contributed by atoms with Crippen molar-refractivity contribution in [1.29, 1.82) is 0 Å². The molecule has 0 saturated carbocycles. The van der Waals surface area contributed by atoms with Crippen molar-refractivity contribution >= 4 is 0 Å². The molecule has 6 heteroatoms. The maximum absolute atomic E-state index is 0. The predicted molar refractivity (Wildman–Crippen MR) is 2.06 cm³/mol. The maximum atomic E-state index is 0. The van der Waals surface area contributed by atoms with Crippen LogP contribution in [0.25, 0.3) is 0 Å². The Balaban J connectivity index is 0. The minimum atomic E-state index is 0. The van der Waals surface area contributed by atoms with E-state index in [0.717, 1.165) is 0 Å². The van der Waals surface area contributed by atoms with E-state index in [0.29, 0.717) is 0 Å². The molecule has 2 radical (unpaired) electrons. The molecule has 0 bridgehead atoms. The smallest absolute Gasteiger partial charge is 2.00 e. The summed E-state index contributed by atoms with van der Waals surface area (Å²) in [5.41, 5.74) is 0. The van der Waals surface area contributed by atoms with Crippen molar-refractivity contribution in [3.05, 3.63) is 0 Å². The maximum Gasteiger partial charge on any atom is 2.00 e. The Morgan fingerprint density at radius 1 is 0.667 bits per heavy atom. The third-order valence-electron chi connectivity index (χ3n) is 0. The van der Waals surface area contributed by atoms with Gasteiger partial charge in [0.1, 0.15) is 0 Å². The van der Waals surface area contributed by atoms with Gasteiger partial charge in [-0.05, 0) is 0 Å². The van der Waals surface area contributed by atoms with Gasteiger partial charge in [0.15, 0.2) is 0 Å². The summed E-state index contributed by atoms with van der Waals surface area (Å²) in [6.07, 6.45) is 0. The van der Waals surface area contributed by atoms with Crippen LogP contribution in [0.2, 0.25) is 0 Å². The quantitative estimate of drug-likeness (QED) is 0.510. The fourth-order valence-corrected chi connectivity index (χ4v) is 0. The van der Waals surface area contributed by atoms with E-state index in [9.17, 15) is 0 Å². The Labute approximate surface area is 69.9 Å². The summed E-state index contributed by atoms with van der Waals surface area (Å²) >= 11 is 0. The summed E-state index contributed by atoms with van der Waals surface area (Å²) in [6, 6.07) is 0. The Morgan fingerprint density at radius 2 is 0.667 bits per heavy atom. The zero-order chi connectivity index (χ0) is 0. The fraction of sp³-hybridized carbons (Fsp3) is 0. The largest absolute Gasteiger partial charge is 2.00 e. The van der Waals surface area contributed by atoms with Crippen LogP contribution in [0.5, 0.6) is 0 Å². The molecule has 38 valence electrons. The number of rotatable bonds is 0. The molecule has 0 aromatic rings. The molecule has 0 saturated heterocycles. The second kappa shape index (κ2) is 84.5. The molecule has 0 spiro atoms. The fourth-order valence-electron chi connectivity index (χ4n) is 0. The van der Waals surface area contributed by atoms with Crippen LogP contribution in [0.4, 0.5) is 0 Å². The van der Waals surface area contributed by atoms with E-state index >= 15 is 0 Å². The molecule has 0 unspecified atom stereocenters. The summed E-state index contributed by atoms with van der Waals surface area (Å²) < 4.78 is 0. The average molecular weight is 232 g/mol. The van der Waals surface area contributed by atoms with E-state index in [1.807, 2.05) is 0 Å². The van der Waals surface area contributed by atoms with Crippen LogP contribution in [-0.2, 0) is 70.0 Å². The first-order chi connectivity index (χ1) is 0. The molecule has 3 nitrogen and oxygen atoms in total. The van der Waals surface area contributed by atoms with Crippen LogP contribution in [0, 0.1) is 0 Å². The first-order valence-electron chi connectivity index (χ1n) is 0. The summed E-state index contributed by atoms with van der Waals surface area (Å²) in [7, 11) is 0. The molecule has 0 heterocycles. The minimum absolute atomic E-state index is 0. The Kier molecular flexibility index (Phi) is 1910. The van der Waals surface area contributed by atoms with Gasteiger partial charge in [-0.1, -0.05) is 0 Å². The Hall–Kier alpha value is 1.54. The van der Waals surface area contributed by atoms with Crippen LogP contribution in [-0.4, -0.2) is 0 Å². The molecule has 0 amide bonds. The standard InChI is InChI=1S/Cu.Mn.3O.Zn/q2*+2;3*-2;+2. The summed E-state index contributed by atoms with van der Waals surface area (Å²) in [4.78, 5) is 0. The third kappa shape index (κ3) is 48.1. The van der Waals surface area contributed by atoms with Crippen molar-refractivity contribution < 1.29 is 70.0 Å². The summed E-state index contributed by atoms with van der Waals surface area (Å²) in [5.74, 6) is 0. The number of hydrogen-bond donors (Lipinski definition) is 0. The first kappa shape index (κ1) is 136. The summed E-state index contributed by atoms with van der Waals surface area (Å²) in [6.45, 7) is 0. The van der Waals surface area contributed by atoms with Gasteiger partial charge in [0, 0.05) is 0 Å².